The van der Waals surface area contributed by atoms with Gasteiger partial charge in [-0.1, -0.05) is 32.6 Å². The van der Waals surface area contributed by atoms with Crippen molar-refractivity contribution in [2.45, 2.75) is 32.1 Å². The molecule has 4 rings (SSSR count). The fraction of sp³-hybridized carbons (Fsp3) is 0.318. The Labute approximate surface area is 163 Å². The number of amides is 1. The number of aromatic amines is 1. The molecule has 1 aromatic carbocycles. The molecular weight excluding hydrogens is 352 g/mol. The monoisotopic (exact) mass is 376 g/mol. The normalized spacial score (nSPS) is 16.8. The average Bonchev–Trinajstić information content (AvgIpc) is 3.31. The van der Waals surface area contributed by atoms with Crippen molar-refractivity contribution >= 4 is 16.9 Å². The van der Waals surface area contributed by atoms with Gasteiger partial charge in [-0.2, -0.15) is 0 Å². The zero-order valence-corrected chi connectivity index (χ0v) is 16.1. The van der Waals surface area contributed by atoms with Crippen molar-refractivity contribution < 1.29 is 9.90 Å². The second-order valence-electron chi connectivity index (χ2n) is 7.59. The van der Waals surface area contributed by atoms with Crippen molar-refractivity contribution in [1.82, 2.24) is 20.1 Å². The smallest absolute Gasteiger partial charge is 0.245 e. The molecule has 0 spiro atoms. The standard InChI is InChI=1S/C22H24N4O2/c1-4-19(28)26-10-9-14(12-26)21-20(13(2)3)16-11-17(24-25-22(16)23-21)15-7-5-6-8-18(15)27/h4-8,11,13-14,27H,1,9-10,12H2,2-3H3,(H,23,25). The number of nitrogens with one attached hydrogen (secondary N) is 1. The predicted molar refractivity (Wildman–Crippen MR) is 109 cm³/mol. The van der Waals surface area contributed by atoms with Gasteiger partial charge in [0.1, 0.15) is 5.75 Å². The number of aromatic hydroxyl groups is 1. The van der Waals surface area contributed by atoms with Gasteiger partial charge in [-0.25, -0.2) is 0 Å². The number of carbonyl (C=O) groups excluding carboxylic acids is 1. The number of carbonyl (C=O) groups is 1. The zero-order valence-electron chi connectivity index (χ0n) is 16.1. The van der Waals surface area contributed by atoms with Crippen LogP contribution in [0.25, 0.3) is 22.3 Å². The van der Waals surface area contributed by atoms with E-state index >= 15 is 0 Å². The molecule has 2 aromatic heterocycles. The highest BCUT2D eigenvalue weighted by Gasteiger charge is 2.30. The number of phenols is 1. The van der Waals surface area contributed by atoms with Gasteiger partial charge in [0.05, 0.1) is 5.69 Å². The summed E-state index contributed by atoms with van der Waals surface area (Å²) in [7, 11) is 0. The minimum absolute atomic E-state index is 0.0219. The summed E-state index contributed by atoms with van der Waals surface area (Å²) >= 11 is 0. The van der Waals surface area contributed by atoms with Crippen LogP contribution in [-0.2, 0) is 4.79 Å². The highest BCUT2D eigenvalue weighted by atomic mass is 16.3. The number of phenolic OH excluding ortho intramolecular Hbond substituents is 1. The van der Waals surface area contributed by atoms with E-state index in [4.69, 9.17) is 0 Å². The molecule has 144 valence electrons. The summed E-state index contributed by atoms with van der Waals surface area (Å²) < 4.78 is 0. The van der Waals surface area contributed by atoms with Crippen LogP contribution in [-0.4, -0.2) is 44.2 Å². The van der Waals surface area contributed by atoms with E-state index in [1.54, 1.807) is 12.1 Å². The van der Waals surface area contributed by atoms with Crippen LogP contribution in [0.15, 0.2) is 43.0 Å². The highest BCUT2D eigenvalue weighted by molar-refractivity contribution is 5.88. The Morgan fingerprint density at radius 3 is 2.86 bits per heavy atom. The number of para-hydroxylation sites is 1. The first-order chi connectivity index (χ1) is 13.5. The lowest BCUT2D eigenvalue weighted by Gasteiger charge is -2.16. The van der Waals surface area contributed by atoms with Crippen molar-refractivity contribution in [1.29, 1.82) is 0 Å². The van der Waals surface area contributed by atoms with Crippen LogP contribution in [0.3, 0.4) is 0 Å². The van der Waals surface area contributed by atoms with Crippen LogP contribution in [0, 0.1) is 0 Å². The van der Waals surface area contributed by atoms with E-state index in [0.717, 1.165) is 29.7 Å². The molecule has 3 aromatic rings. The first-order valence-corrected chi connectivity index (χ1v) is 9.58. The number of hydrogen-bond donors (Lipinski definition) is 2. The first-order valence-electron chi connectivity index (χ1n) is 9.58. The van der Waals surface area contributed by atoms with Crippen LogP contribution in [0.1, 0.15) is 43.4 Å². The molecule has 0 radical (unpaired) electrons. The van der Waals surface area contributed by atoms with E-state index in [0.29, 0.717) is 17.8 Å². The molecule has 1 aliphatic heterocycles. The number of benzene rings is 1. The molecule has 0 bridgehead atoms. The molecule has 0 aliphatic carbocycles. The van der Waals surface area contributed by atoms with Crippen LogP contribution in [0.4, 0.5) is 0 Å². The molecule has 6 heteroatoms. The second kappa shape index (κ2) is 7.11. The third kappa shape index (κ3) is 3.05. The number of H-pyrrole nitrogens is 1. The van der Waals surface area contributed by atoms with E-state index in [2.05, 4.69) is 35.6 Å². The second-order valence-corrected chi connectivity index (χ2v) is 7.59. The Bertz CT molecular complexity index is 1050. The van der Waals surface area contributed by atoms with Crippen LogP contribution < -0.4 is 0 Å². The Morgan fingerprint density at radius 2 is 2.14 bits per heavy atom. The summed E-state index contributed by atoms with van der Waals surface area (Å²) in [5.41, 5.74) is 4.39. The summed E-state index contributed by atoms with van der Waals surface area (Å²) in [5, 5.41) is 19.9. The van der Waals surface area contributed by atoms with Crippen molar-refractivity contribution in [2.75, 3.05) is 13.1 Å². The van der Waals surface area contributed by atoms with Crippen LogP contribution in [0.2, 0.25) is 0 Å². The molecule has 2 N–H and O–H groups in total. The molecule has 28 heavy (non-hydrogen) atoms. The fourth-order valence-corrected chi connectivity index (χ4v) is 4.12. The van der Waals surface area contributed by atoms with E-state index in [1.807, 2.05) is 23.1 Å². The zero-order chi connectivity index (χ0) is 19.8. The number of likely N-dealkylation sites (tertiary alicyclic amines) is 1. The van der Waals surface area contributed by atoms with Gasteiger partial charge in [-0.05, 0) is 42.2 Å². The SMILES string of the molecule is C=CC(=O)N1CCC(c2[nH]c3nnc(-c4ccccc4O)cc3c2C(C)C)C1. The Balaban J connectivity index is 1.79. The summed E-state index contributed by atoms with van der Waals surface area (Å²) in [6.07, 6.45) is 2.28. The van der Waals surface area contributed by atoms with Crippen LogP contribution >= 0.6 is 0 Å². The highest BCUT2D eigenvalue weighted by Crippen LogP contribution is 2.38. The molecule has 1 aliphatic rings. The van der Waals surface area contributed by atoms with E-state index in [1.165, 1.54) is 11.6 Å². The van der Waals surface area contributed by atoms with Crippen molar-refractivity contribution in [3.8, 4) is 17.0 Å². The van der Waals surface area contributed by atoms with Crippen molar-refractivity contribution in [3.63, 3.8) is 0 Å². The fourth-order valence-electron chi connectivity index (χ4n) is 4.12. The minimum Gasteiger partial charge on any atom is -0.507 e. The minimum atomic E-state index is -0.0219. The molecule has 1 fully saturated rings. The topological polar surface area (TPSA) is 82.1 Å². The first kappa shape index (κ1) is 18.2. The van der Waals surface area contributed by atoms with Crippen LogP contribution in [0.5, 0.6) is 5.75 Å². The third-order valence-electron chi connectivity index (χ3n) is 5.47. The lowest BCUT2D eigenvalue weighted by molar-refractivity contribution is -0.125. The van der Waals surface area contributed by atoms with Gasteiger partial charge in [0.15, 0.2) is 5.65 Å². The van der Waals surface area contributed by atoms with E-state index in [9.17, 15) is 9.90 Å². The summed E-state index contributed by atoms with van der Waals surface area (Å²) in [4.78, 5) is 17.3. The molecule has 3 heterocycles. The van der Waals surface area contributed by atoms with Gasteiger partial charge in [-0.15, -0.1) is 10.2 Å². The quantitative estimate of drug-likeness (QED) is 0.676. The van der Waals surface area contributed by atoms with Gasteiger partial charge >= 0.3 is 0 Å². The number of aromatic nitrogens is 3. The molecule has 1 unspecified atom stereocenters. The van der Waals surface area contributed by atoms with Crippen molar-refractivity contribution in [3.05, 3.63) is 54.2 Å². The average molecular weight is 376 g/mol. The molecule has 1 atom stereocenters. The summed E-state index contributed by atoms with van der Waals surface area (Å²) in [6, 6.07) is 9.14. The third-order valence-corrected chi connectivity index (χ3v) is 5.47. The van der Waals surface area contributed by atoms with Gasteiger partial charge in [0.2, 0.25) is 5.91 Å². The number of nitrogens with zero attached hydrogens (tertiary/aromatic N) is 3. The number of fused-ring (bicyclic) bond motifs is 1. The van der Waals surface area contributed by atoms with E-state index in [-0.39, 0.29) is 23.5 Å². The maximum atomic E-state index is 12.0. The van der Waals surface area contributed by atoms with Gasteiger partial charge < -0.3 is 15.0 Å². The number of rotatable bonds is 4. The number of hydrogen-bond acceptors (Lipinski definition) is 4. The van der Waals surface area contributed by atoms with Gasteiger partial charge in [-0.3, -0.25) is 4.79 Å². The van der Waals surface area contributed by atoms with Gasteiger partial charge in [0.25, 0.3) is 0 Å². The molecule has 1 saturated heterocycles. The molecule has 0 saturated carbocycles. The maximum absolute atomic E-state index is 12.0. The molecule has 1 amide bonds. The Kier molecular flexibility index (Phi) is 4.63. The Morgan fingerprint density at radius 1 is 1.36 bits per heavy atom. The summed E-state index contributed by atoms with van der Waals surface area (Å²) in [5.74, 6) is 0.692. The van der Waals surface area contributed by atoms with Gasteiger partial charge in [0, 0.05) is 35.7 Å². The lowest BCUT2D eigenvalue weighted by Crippen LogP contribution is -2.26. The molecule has 6 nitrogen and oxygen atoms in total. The lowest BCUT2D eigenvalue weighted by atomic mass is 9.92. The van der Waals surface area contributed by atoms with E-state index < -0.39 is 0 Å². The van der Waals surface area contributed by atoms with Crippen molar-refractivity contribution in [2.24, 2.45) is 0 Å². The largest absolute Gasteiger partial charge is 0.507 e. The molecular formula is C22H24N4O2. The predicted octanol–water partition coefficient (Wildman–Crippen LogP) is 3.96. The summed E-state index contributed by atoms with van der Waals surface area (Å²) in [6.45, 7) is 9.32. The maximum Gasteiger partial charge on any atom is 0.245 e. The Hall–Kier alpha value is -3.15.